The molecule has 0 saturated carbocycles. The van der Waals surface area contributed by atoms with Crippen molar-refractivity contribution in [1.29, 1.82) is 0 Å². The zero-order valence-electron chi connectivity index (χ0n) is 10.9. The number of benzene rings is 2. The van der Waals surface area contributed by atoms with Crippen LogP contribution in [0.2, 0.25) is 0 Å². The summed E-state index contributed by atoms with van der Waals surface area (Å²) in [5.74, 6) is 4.26. The van der Waals surface area contributed by atoms with Gasteiger partial charge in [-0.3, -0.25) is 15.8 Å². The van der Waals surface area contributed by atoms with Gasteiger partial charge in [-0.15, -0.1) is 0 Å². The Morgan fingerprint density at radius 3 is 2.19 bits per heavy atom. The molecule has 0 aliphatic heterocycles. The van der Waals surface area contributed by atoms with Crippen molar-refractivity contribution < 1.29 is 8.78 Å². The number of nitrogens with one attached hydrogen (secondary N) is 1. The van der Waals surface area contributed by atoms with E-state index < -0.39 is 17.7 Å². The van der Waals surface area contributed by atoms with Gasteiger partial charge in [0.15, 0.2) is 0 Å². The molecule has 3 rings (SSSR count). The third-order valence-electron chi connectivity index (χ3n) is 3.21. The highest BCUT2D eigenvalue weighted by Gasteiger charge is 2.15. The molecule has 0 aliphatic carbocycles. The summed E-state index contributed by atoms with van der Waals surface area (Å²) < 4.78 is 26.7. The lowest BCUT2D eigenvalue weighted by Gasteiger charge is -2.17. The maximum Gasteiger partial charge on any atom is 0.126 e. The lowest BCUT2D eigenvalue weighted by atomic mass is 9.98. The first-order chi connectivity index (χ1) is 10.2. The summed E-state index contributed by atoms with van der Waals surface area (Å²) in [7, 11) is 0. The first kappa shape index (κ1) is 13.5. The van der Waals surface area contributed by atoms with Crippen molar-refractivity contribution >= 4 is 11.0 Å². The Kier molecular flexibility index (Phi) is 3.55. The third kappa shape index (κ3) is 2.72. The van der Waals surface area contributed by atoms with Crippen LogP contribution in [0, 0.1) is 11.6 Å². The van der Waals surface area contributed by atoms with E-state index >= 15 is 0 Å². The Morgan fingerprint density at radius 1 is 0.857 bits per heavy atom. The predicted molar refractivity (Wildman–Crippen MR) is 75.1 cm³/mol. The predicted octanol–water partition coefficient (Wildman–Crippen LogP) is 2.46. The first-order valence-electron chi connectivity index (χ1n) is 6.30. The second-order valence-corrected chi connectivity index (χ2v) is 4.61. The molecule has 0 spiro atoms. The van der Waals surface area contributed by atoms with E-state index in [0.29, 0.717) is 11.1 Å². The van der Waals surface area contributed by atoms with Gasteiger partial charge in [-0.25, -0.2) is 14.2 Å². The van der Waals surface area contributed by atoms with E-state index in [1.165, 1.54) is 12.1 Å². The number of hydrogen-bond acceptors (Lipinski definition) is 4. The molecular weight excluding hydrogens is 274 g/mol. The molecule has 21 heavy (non-hydrogen) atoms. The Morgan fingerprint density at radius 2 is 1.52 bits per heavy atom. The number of nitrogens with zero attached hydrogens (tertiary/aromatic N) is 2. The van der Waals surface area contributed by atoms with Gasteiger partial charge in [0, 0.05) is 18.5 Å². The topological polar surface area (TPSA) is 63.8 Å². The molecule has 3 aromatic rings. The van der Waals surface area contributed by atoms with Gasteiger partial charge in [-0.05, 0) is 35.4 Å². The van der Waals surface area contributed by atoms with Crippen molar-refractivity contribution in [3.8, 4) is 0 Å². The molecule has 1 heterocycles. The Bertz CT molecular complexity index is 771. The van der Waals surface area contributed by atoms with Gasteiger partial charge < -0.3 is 0 Å². The van der Waals surface area contributed by atoms with Crippen molar-refractivity contribution in [2.45, 2.75) is 6.04 Å². The lowest BCUT2D eigenvalue weighted by molar-refractivity contribution is 0.566. The molecule has 2 aromatic carbocycles. The van der Waals surface area contributed by atoms with Crippen molar-refractivity contribution in [3.63, 3.8) is 0 Å². The van der Waals surface area contributed by atoms with Crippen LogP contribution in [-0.2, 0) is 0 Å². The summed E-state index contributed by atoms with van der Waals surface area (Å²) in [4.78, 5) is 8.38. The molecule has 0 radical (unpaired) electrons. The van der Waals surface area contributed by atoms with E-state index in [2.05, 4.69) is 15.4 Å². The zero-order valence-corrected chi connectivity index (χ0v) is 10.9. The maximum atomic E-state index is 13.4. The summed E-state index contributed by atoms with van der Waals surface area (Å²) in [6.07, 6.45) is 3.18. The number of halogens is 2. The van der Waals surface area contributed by atoms with Crippen LogP contribution in [0.4, 0.5) is 8.78 Å². The smallest absolute Gasteiger partial charge is 0.126 e. The molecule has 1 atom stereocenters. The molecule has 0 saturated heterocycles. The number of aromatic nitrogens is 2. The average Bonchev–Trinajstić information content (AvgIpc) is 2.47. The molecular formula is C15H12F2N4. The molecule has 6 heteroatoms. The fourth-order valence-corrected chi connectivity index (χ4v) is 2.29. The zero-order chi connectivity index (χ0) is 14.8. The number of rotatable bonds is 3. The fourth-order valence-electron chi connectivity index (χ4n) is 2.29. The standard InChI is InChI=1S/C15H12F2N4/c16-11-5-10(6-12(17)8-11)15(21-18)9-1-2-13-14(7-9)20-4-3-19-13/h1-8,15,21H,18H2. The highest BCUT2D eigenvalue weighted by molar-refractivity contribution is 5.74. The van der Waals surface area contributed by atoms with Gasteiger partial charge in [-0.1, -0.05) is 6.07 Å². The van der Waals surface area contributed by atoms with Gasteiger partial charge in [0.05, 0.1) is 17.1 Å². The molecule has 0 fully saturated rings. The summed E-state index contributed by atoms with van der Waals surface area (Å²) in [5.41, 5.74) is 5.14. The van der Waals surface area contributed by atoms with Crippen LogP contribution < -0.4 is 11.3 Å². The van der Waals surface area contributed by atoms with Gasteiger partial charge in [0.1, 0.15) is 11.6 Å². The van der Waals surface area contributed by atoms with Crippen LogP contribution in [0.25, 0.3) is 11.0 Å². The lowest BCUT2D eigenvalue weighted by Crippen LogP contribution is -2.29. The van der Waals surface area contributed by atoms with Crippen LogP contribution in [0.3, 0.4) is 0 Å². The number of fused-ring (bicyclic) bond motifs is 1. The third-order valence-corrected chi connectivity index (χ3v) is 3.21. The van der Waals surface area contributed by atoms with Gasteiger partial charge >= 0.3 is 0 Å². The monoisotopic (exact) mass is 286 g/mol. The van der Waals surface area contributed by atoms with E-state index in [9.17, 15) is 8.78 Å². The van der Waals surface area contributed by atoms with E-state index in [-0.39, 0.29) is 0 Å². The number of hydrazine groups is 1. The fraction of sp³-hybridized carbons (Fsp3) is 0.0667. The molecule has 0 amide bonds. The van der Waals surface area contributed by atoms with Crippen LogP contribution in [0.15, 0.2) is 48.8 Å². The van der Waals surface area contributed by atoms with Crippen LogP contribution in [0.5, 0.6) is 0 Å². The Labute approximate surface area is 119 Å². The number of hydrogen-bond donors (Lipinski definition) is 2. The SMILES string of the molecule is NNC(c1cc(F)cc(F)c1)c1ccc2nccnc2c1. The summed E-state index contributed by atoms with van der Waals surface area (Å²) in [6.45, 7) is 0. The summed E-state index contributed by atoms with van der Waals surface area (Å²) in [6, 6.07) is 8.14. The second kappa shape index (κ2) is 5.51. The van der Waals surface area contributed by atoms with Crippen molar-refractivity contribution in [2.24, 2.45) is 5.84 Å². The van der Waals surface area contributed by atoms with Crippen LogP contribution in [-0.4, -0.2) is 9.97 Å². The largest absolute Gasteiger partial charge is 0.271 e. The van der Waals surface area contributed by atoms with E-state index in [4.69, 9.17) is 5.84 Å². The normalized spacial score (nSPS) is 12.5. The minimum atomic E-state index is -0.647. The van der Waals surface area contributed by atoms with Gasteiger partial charge in [-0.2, -0.15) is 0 Å². The molecule has 0 bridgehead atoms. The Balaban J connectivity index is 2.08. The van der Waals surface area contributed by atoms with Gasteiger partial charge in [0.2, 0.25) is 0 Å². The summed E-state index contributed by atoms with van der Waals surface area (Å²) >= 11 is 0. The average molecular weight is 286 g/mol. The summed E-state index contributed by atoms with van der Waals surface area (Å²) in [5, 5.41) is 0. The highest BCUT2D eigenvalue weighted by Crippen LogP contribution is 2.25. The van der Waals surface area contributed by atoms with E-state index in [1.54, 1.807) is 30.6 Å². The number of nitrogens with two attached hydrogens (primary N) is 1. The quantitative estimate of drug-likeness (QED) is 0.573. The molecule has 0 aliphatic rings. The van der Waals surface area contributed by atoms with Crippen molar-refractivity contribution in [1.82, 2.24) is 15.4 Å². The first-order valence-corrected chi connectivity index (χ1v) is 6.30. The highest BCUT2D eigenvalue weighted by atomic mass is 19.1. The molecule has 106 valence electrons. The van der Waals surface area contributed by atoms with Gasteiger partial charge in [0.25, 0.3) is 0 Å². The van der Waals surface area contributed by atoms with E-state index in [0.717, 1.165) is 17.1 Å². The van der Waals surface area contributed by atoms with E-state index in [1.807, 2.05) is 0 Å². The van der Waals surface area contributed by atoms with Crippen molar-refractivity contribution in [2.75, 3.05) is 0 Å². The molecule has 4 nitrogen and oxygen atoms in total. The van der Waals surface area contributed by atoms with Crippen LogP contribution in [0.1, 0.15) is 17.2 Å². The maximum absolute atomic E-state index is 13.4. The molecule has 1 unspecified atom stereocenters. The minimum absolute atomic E-state index is 0.401. The van der Waals surface area contributed by atoms with Crippen molar-refractivity contribution in [3.05, 3.63) is 71.6 Å². The Hall–Kier alpha value is -2.44. The molecule has 1 aromatic heterocycles. The minimum Gasteiger partial charge on any atom is -0.271 e. The van der Waals surface area contributed by atoms with Crippen LogP contribution >= 0.6 is 0 Å². The second-order valence-electron chi connectivity index (χ2n) is 4.61. The molecule has 3 N–H and O–H groups in total.